The van der Waals surface area contributed by atoms with Crippen molar-refractivity contribution in [3.05, 3.63) is 0 Å². The Morgan fingerprint density at radius 2 is 2.00 bits per heavy atom. The third-order valence-corrected chi connectivity index (χ3v) is 4.35. The largest absolute Gasteiger partial charge is 0.468 e. The van der Waals surface area contributed by atoms with E-state index in [0.29, 0.717) is 23.1 Å². The predicted molar refractivity (Wildman–Crippen MR) is 64.7 cm³/mol. The summed E-state index contributed by atoms with van der Waals surface area (Å²) < 4.78 is 4.64. The number of fused-ring (bicyclic) bond motifs is 2. The number of hydrogen-bond acceptors (Lipinski definition) is 4. The highest BCUT2D eigenvalue weighted by Gasteiger charge is 2.33. The van der Waals surface area contributed by atoms with Gasteiger partial charge in [-0.25, -0.2) is 0 Å². The Morgan fingerprint density at radius 3 is 2.53 bits per heavy atom. The molecule has 2 saturated heterocycles. The summed E-state index contributed by atoms with van der Waals surface area (Å²) in [5.74, 6) is 0.418. The summed E-state index contributed by atoms with van der Waals surface area (Å²) >= 11 is 1.76. The number of esters is 1. The van der Waals surface area contributed by atoms with Crippen molar-refractivity contribution in [1.82, 2.24) is 5.32 Å². The summed E-state index contributed by atoms with van der Waals surface area (Å²) in [7, 11) is 1.45. The predicted octanol–water partition coefficient (Wildman–Crippen LogP) is 1.60. The van der Waals surface area contributed by atoms with E-state index in [9.17, 15) is 4.79 Å². The van der Waals surface area contributed by atoms with Gasteiger partial charge in [-0.15, -0.1) is 24.2 Å². The first-order chi connectivity index (χ1) is 6.78. The van der Waals surface area contributed by atoms with Gasteiger partial charge in [0, 0.05) is 17.3 Å². The van der Waals surface area contributed by atoms with Crippen LogP contribution in [-0.2, 0) is 9.53 Å². The van der Waals surface area contributed by atoms with Gasteiger partial charge in [0.2, 0.25) is 0 Å². The number of piperidine rings is 1. The second-order valence-electron chi connectivity index (χ2n) is 4.12. The average Bonchev–Trinajstić information content (AvgIpc) is 2.54. The van der Waals surface area contributed by atoms with E-state index in [-0.39, 0.29) is 18.4 Å². The van der Waals surface area contributed by atoms with E-state index in [2.05, 4.69) is 10.1 Å². The highest BCUT2D eigenvalue weighted by atomic mass is 35.5. The standard InChI is InChI=1S/C10H17NO2S.ClH/c1-13-10(12)6-14-9-4-7-2-3-8(5-9)11-7;/h7-9,11H,2-6H2,1H3;1H. The molecule has 0 spiro atoms. The molecule has 1 N–H and O–H groups in total. The minimum absolute atomic E-state index is 0. The summed E-state index contributed by atoms with van der Waals surface area (Å²) in [4.78, 5) is 11.0. The van der Waals surface area contributed by atoms with Crippen molar-refractivity contribution in [2.75, 3.05) is 12.9 Å². The lowest BCUT2D eigenvalue weighted by Gasteiger charge is -2.28. The van der Waals surface area contributed by atoms with Gasteiger partial charge in [-0.2, -0.15) is 0 Å². The fraction of sp³-hybridized carbons (Fsp3) is 0.900. The molecule has 5 heteroatoms. The first kappa shape index (κ1) is 13.1. The van der Waals surface area contributed by atoms with E-state index in [0.717, 1.165) is 0 Å². The number of carbonyl (C=O) groups is 1. The molecule has 0 aromatic heterocycles. The van der Waals surface area contributed by atoms with Crippen molar-refractivity contribution in [3.8, 4) is 0 Å². The van der Waals surface area contributed by atoms with Gasteiger partial charge in [0.05, 0.1) is 12.9 Å². The van der Waals surface area contributed by atoms with Crippen LogP contribution in [0.1, 0.15) is 25.7 Å². The molecule has 2 atom stereocenters. The molecule has 0 amide bonds. The Hall–Kier alpha value is 0.0700. The average molecular weight is 252 g/mol. The van der Waals surface area contributed by atoms with Crippen LogP contribution in [0.4, 0.5) is 0 Å². The summed E-state index contributed by atoms with van der Waals surface area (Å²) in [6.07, 6.45) is 5.08. The molecular weight excluding hydrogens is 234 g/mol. The van der Waals surface area contributed by atoms with E-state index in [1.165, 1.54) is 32.8 Å². The third kappa shape index (κ3) is 3.54. The molecule has 2 heterocycles. The van der Waals surface area contributed by atoms with Crippen LogP contribution in [0.3, 0.4) is 0 Å². The van der Waals surface area contributed by atoms with Crippen molar-refractivity contribution >= 4 is 30.1 Å². The van der Waals surface area contributed by atoms with Crippen molar-refractivity contribution in [1.29, 1.82) is 0 Å². The van der Waals surface area contributed by atoms with Gasteiger partial charge >= 0.3 is 5.97 Å². The highest BCUT2D eigenvalue weighted by Crippen LogP contribution is 2.33. The summed E-state index contributed by atoms with van der Waals surface area (Å²) in [5, 5.41) is 4.25. The Labute approximate surface area is 101 Å². The first-order valence-corrected chi connectivity index (χ1v) is 6.27. The smallest absolute Gasteiger partial charge is 0.315 e. The van der Waals surface area contributed by atoms with Crippen LogP contribution >= 0.6 is 24.2 Å². The van der Waals surface area contributed by atoms with Gasteiger partial charge < -0.3 is 10.1 Å². The molecule has 2 rings (SSSR count). The van der Waals surface area contributed by atoms with E-state index in [1.54, 1.807) is 11.8 Å². The topological polar surface area (TPSA) is 38.3 Å². The Balaban J connectivity index is 0.00000112. The fourth-order valence-electron chi connectivity index (χ4n) is 2.39. The number of halogens is 1. The number of nitrogens with one attached hydrogen (secondary N) is 1. The van der Waals surface area contributed by atoms with Crippen molar-refractivity contribution in [2.24, 2.45) is 0 Å². The minimum Gasteiger partial charge on any atom is -0.468 e. The molecule has 2 aliphatic heterocycles. The van der Waals surface area contributed by atoms with E-state index < -0.39 is 0 Å². The van der Waals surface area contributed by atoms with Crippen LogP contribution in [0.25, 0.3) is 0 Å². The second-order valence-corrected chi connectivity index (χ2v) is 5.41. The van der Waals surface area contributed by atoms with Gasteiger partial charge in [0.1, 0.15) is 0 Å². The van der Waals surface area contributed by atoms with Crippen molar-refractivity contribution in [3.63, 3.8) is 0 Å². The molecule has 0 saturated carbocycles. The molecule has 2 fully saturated rings. The van der Waals surface area contributed by atoms with Gasteiger partial charge in [-0.1, -0.05) is 0 Å². The SMILES string of the molecule is COC(=O)CSC1CC2CCC(C1)N2.Cl. The Bertz CT molecular complexity index is 215. The van der Waals surface area contributed by atoms with E-state index in [4.69, 9.17) is 0 Å². The molecule has 0 aromatic carbocycles. The fourth-order valence-corrected chi connectivity index (χ4v) is 3.61. The van der Waals surface area contributed by atoms with Crippen molar-refractivity contribution < 1.29 is 9.53 Å². The molecule has 0 aliphatic carbocycles. The van der Waals surface area contributed by atoms with Crippen LogP contribution in [0.2, 0.25) is 0 Å². The lowest BCUT2D eigenvalue weighted by molar-refractivity contribution is -0.137. The summed E-state index contributed by atoms with van der Waals surface area (Å²) in [5.41, 5.74) is 0. The van der Waals surface area contributed by atoms with Crippen LogP contribution in [0, 0.1) is 0 Å². The molecular formula is C10H18ClNO2S. The van der Waals surface area contributed by atoms with E-state index >= 15 is 0 Å². The maximum absolute atomic E-state index is 11.0. The quantitative estimate of drug-likeness (QED) is 0.774. The molecule has 2 aliphatic rings. The first-order valence-electron chi connectivity index (χ1n) is 5.22. The highest BCUT2D eigenvalue weighted by molar-refractivity contribution is 8.00. The van der Waals surface area contributed by atoms with Crippen LogP contribution in [-0.4, -0.2) is 36.2 Å². The number of methoxy groups -OCH3 is 1. The molecule has 3 nitrogen and oxygen atoms in total. The lowest BCUT2D eigenvalue weighted by atomic mass is 10.1. The van der Waals surface area contributed by atoms with Gasteiger partial charge in [0.15, 0.2) is 0 Å². The van der Waals surface area contributed by atoms with E-state index in [1.807, 2.05) is 0 Å². The number of rotatable bonds is 3. The molecule has 2 bridgehead atoms. The van der Waals surface area contributed by atoms with Gasteiger partial charge in [-0.05, 0) is 25.7 Å². The summed E-state index contributed by atoms with van der Waals surface area (Å²) in [6, 6.07) is 1.42. The van der Waals surface area contributed by atoms with Crippen LogP contribution < -0.4 is 5.32 Å². The molecule has 0 radical (unpaired) electrons. The number of ether oxygens (including phenoxy) is 1. The van der Waals surface area contributed by atoms with Gasteiger partial charge in [-0.3, -0.25) is 4.79 Å². The zero-order chi connectivity index (χ0) is 9.97. The summed E-state index contributed by atoms with van der Waals surface area (Å²) in [6.45, 7) is 0. The van der Waals surface area contributed by atoms with Crippen molar-refractivity contribution in [2.45, 2.75) is 43.0 Å². The monoisotopic (exact) mass is 251 g/mol. The maximum atomic E-state index is 11.0. The number of thioether (sulfide) groups is 1. The molecule has 15 heavy (non-hydrogen) atoms. The van der Waals surface area contributed by atoms with Crippen LogP contribution in [0.15, 0.2) is 0 Å². The normalized spacial score (nSPS) is 33.3. The van der Waals surface area contributed by atoms with Gasteiger partial charge in [0.25, 0.3) is 0 Å². The van der Waals surface area contributed by atoms with Crippen LogP contribution in [0.5, 0.6) is 0 Å². The number of hydrogen-bond donors (Lipinski definition) is 1. The maximum Gasteiger partial charge on any atom is 0.315 e. The molecule has 2 unspecified atom stereocenters. The zero-order valence-corrected chi connectivity index (χ0v) is 10.5. The Kier molecular flexibility index (Phi) is 5.23. The molecule has 88 valence electrons. The zero-order valence-electron chi connectivity index (χ0n) is 8.90. The minimum atomic E-state index is -0.0964. The third-order valence-electron chi connectivity index (χ3n) is 3.09. The second kappa shape index (κ2) is 5.97. The number of carbonyl (C=O) groups excluding carboxylic acids is 1. The Morgan fingerprint density at radius 1 is 1.40 bits per heavy atom. The lowest BCUT2D eigenvalue weighted by Crippen LogP contribution is -2.39. The molecule has 0 aromatic rings.